The van der Waals surface area contributed by atoms with Gasteiger partial charge in [-0.05, 0) is 38.3 Å². The molecule has 0 radical (unpaired) electrons. The highest BCUT2D eigenvalue weighted by atomic mass is 32.1. The minimum atomic E-state index is -0.0968. The van der Waals surface area contributed by atoms with Gasteiger partial charge in [-0.2, -0.15) is 5.26 Å². The number of methoxy groups -OCH3 is 1. The van der Waals surface area contributed by atoms with Crippen molar-refractivity contribution in [2.24, 2.45) is 5.92 Å². The standard InChI is InChI=1S/C22H26N4O4S/c1-15-14-31-22(24-15)25-21(28)17-7-9-26(10-8-17)20(27)4-3-11-30-18-6-5-16(13-23)12-19(18)29-2/h5-6,12,14,17H,3-4,7-11H2,1-2H3,(H,24,25,28). The predicted octanol–water partition coefficient (Wildman–Crippen LogP) is 3.37. The lowest BCUT2D eigenvalue weighted by atomic mass is 9.95. The van der Waals surface area contributed by atoms with Crippen LogP contribution in [0.25, 0.3) is 0 Å². The summed E-state index contributed by atoms with van der Waals surface area (Å²) in [5.41, 5.74) is 1.39. The van der Waals surface area contributed by atoms with Gasteiger partial charge in [-0.1, -0.05) is 0 Å². The average molecular weight is 443 g/mol. The molecule has 1 aliphatic heterocycles. The number of carbonyl (C=O) groups excluding carboxylic acids is 2. The Morgan fingerprint density at radius 2 is 2.10 bits per heavy atom. The number of nitrogens with one attached hydrogen (secondary N) is 1. The molecule has 0 saturated carbocycles. The number of likely N-dealkylation sites (tertiary alicyclic amines) is 1. The van der Waals surface area contributed by atoms with Gasteiger partial charge in [0.15, 0.2) is 16.6 Å². The van der Waals surface area contributed by atoms with Crippen LogP contribution in [-0.4, -0.2) is 48.5 Å². The Morgan fingerprint density at radius 3 is 2.74 bits per heavy atom. The quantitative estimate of drug-likeness (QED) is 0.629. The monoisotopic (exact) mass is 442 g/mol. The molecule has 3 rings (SSSR count). The number of ether oxygens (including phenoxy) is 2. The molecular formula is C22H26N4O4S. The third-order valence-corrected chi connectivity index (χ3v) is 6.03. The maximum atomic E-state index is 12.5. The third kappa shape index (κ3) is 6.18. The van der Waals surface area contributed by atoms with E-state index in [-0.39, 0.29) is 17.7 Å². The number of rotatable bonds is 8. The fourth-order valence-corrected chi connectivity index (χ4v) is 4.12. The van der Waals surface area contributed by atoms with Crippen LogP contribution in [0.15, 0.2) is 23.6 Å². The summed E-state index contributed by atoms with van der Waals surface area (Å²) in [4.78, 5) is 31.0. The van der Waals surface area contributed by atoms with Crippen LogP contribution in [0.2, 0.25) is 0 Å². The van der Waals surface area contributed by atoms with Crippen LogP contribution in [0.4, 0.5) is 5.13 Å². The van der Waals surface area contributed by atoms with Gasteiger partial charge in [-0.25, -0.2) is 4.98 Å². The normalized spacial score (nSPS) is 14.0. The summed E-state index contributed by atoms with van der Waals surface area (Å²) in [6.45, 7) is 3.43. The number of hydrogen-bond donors (Lipinski definition) is 1. The first kappa shape index (κ1) is 22.6. The van der Waals surface area contributed by atoms with Crippen molar-refractivity contribution in [1.82, 2.24) is 9.88 Å². The van der Waals surface area contributed by atoms with Gasteiger partial charge in [0.05, 0.1) is 31.0 Å². The molecule has 0 spiro atoms. The molecule has 0 unspecified atom stereocenters. The number of benzene rings is 1. The van der Waals surface area contributed by atoms with Crippen LogP contribution in [-0.2, 0) is 9.59 Å². The Bertz CT molecular complexity index is 961. The zero-order valence-corrected chi connectivity index (χ0v) is 18.5. The molecule has 0 bridgehead atoms. The van der Waals surface area contributed by atoms with Crippen molar-refractivity contribution in [3.63, 3.8) is 0 Å². The molecule has 1 aromatic carbocycles. The topological polar surface area (TPSA) is 105 Å². The fourth-order valence-electron chi connectivity index (χ4n) is 3.43. The summed E-state index contributed by atoms with van der Waals surface area (Å²) in [6, 6.07) is 7.04. The lowest BCUT2D eigenvalue weighted by Crippen LogP contribution is -2.41. The van der Waals surface area contributed by atoms with E-state index in [0.29, 0.717) is 67.6 Å². The van der Waals surface area contributed by atoms with E-state index in [0.717, 1.165) is 5.69 Å². The molecule has 31 heavy (non-hydrogen) atoms. The third-order valence-electron chi connectivity index (χ3n) is 5.15. The van der Waals surface area contributed by atoms with Crippen molar-refractivity contribution in [3.05, 3.63) is 34.8 Å². The molecule has 1 N–H and O–H groups in total. The second-order valence-electron chi connectivity index (χ2n) is 7.37. The highest BCUT2D eigenvalue weighted by Crippen LogP contribution is 2.28. The molecule has 1 aliphatic rings. The van der Waals surface area contributed by atoms with E-state index < -0.39 is 0 Å². The zero-order valence-electron chi connectivity index (χ0n) is 17.7. The average Bonchev–Trinajstić information content (AvgIpc) is 3.20. The maximum absolute atomic E-state index is 12.5. The minimum Gasteiger partial charge on any atom is -0.493 e. The Kier molecular flexibility index (Phi) is 7.84. The number of aryl methyl sites for hydroxylation is 1. The van der Waals surface area contributed by atoms with E-state index in [4.69, 9.17) is 14.7 Å². The number of nitrogens with zero attached hydrogens (tertiary/aromatic N) is 3. The smallest absolute Gasteiger partial charge is 0.229 e. The van der Waals surface area contributed by atoms with Crippen LogP contribution in [0.1, 0.15) is 36.9 Å². The van der Waals surface area contributed by atoms with Crippen molar-refractivity contribution >= 4 is 28.3 Å². The number of nitriles is 1. The summed E-state index contributed by atoms with van der Waals surface area (Å²) in [6.07, 6.45) is 2.27. The number of hydrogen-bond acceptors (Lipinski definition) is 7. The van der Waals surface area contributed by atoms with E-state index in [1.807, 2.05) is 17.2 Å². The summed E-state index contributed by atoms with van der Waals surface area (Å²) in [5.74, 6) is 1.01. The Labute approximate surface area is 185 Å². The second-order valence-corrected chi connectivity index (χ2v) is 8.23. The molecule has 2 aromatic rings. The van der Waals surface area contributed by atoms with E-state index in [1.54, 1.807) is 18.2 Å². The van der Waals surface area contributed by atoms with Crippen molar-refractivity contribution in [2.45, 2.75) is 32.6 Å². The number of carbonyl (C=O) groups is 2. The van der Waals surface area contributed by atoms with Crippen molar-refractivity contribution in [2.75, 3.05) is 32.1 Å². The van der Waals surface area contributed by atoms with Gasteiger partial charge in [0.2, 0.25) is 11.8 Å². The van der Waals surface area contributed by atoms with Gasteiger partial charge in [-0.15, -0.1) is 11.3 Å². The number of thiazole rings is 1. The lowest BCUT2D eigenvalue weighted by Gasteiger charge is -2.31. The first-order valence-corrected chi connectivity index (χ1v) is 11.1. The molecular weight excluding hydrogens is 416 g/mol. The Hall–Kier alpha value is -3.12. The van der Waals surface area contributed by atoms with Crippen molar-refractivity contribution in [1.29, 1.82) is 5.26 Å². The zero-order chi connectivity index (χ0) is 22.2. The van der Waals surface area contributed by atoms with Crippen LogP contribution in [0.3, 0.4) is 0 Å². The Balaban J connectivity index is 1.37. The largest absolute Gasteiger partial charge is 0.493 e. The summed E-state index contributed by atoms with van der Waals surface area (Å²) >= 11 is 1.42. The lowest BCUT2D eigenvalue weighted by molar-refractivity contribution is -0.134. The summed E-state index contributed by atoms with van der Waals surface area (Å²) in [5, 5.41) is 14.3. The molecule has 2 amide bonds. The fraction of sp³-hybridized carbons (Fsp3) is 0.455. The molecule has 1 fully saturated rings. The van der Waals surface area contributed by atoms with E-state index in [9.17, 15) is 9.59 Å². The van der Waals surface area contributed by atoms with Crippen LogP contribution in [0.5, 0.6) is 11.5 Å². The van der Waals surface area contributed by atoms with Gasteiger partial charge < -0.3 is 19.7 Å². The Morgan fingerprint density at radius 1 is 1.32 bits per heavy atom. The van der Waals surface area contributed by atoms with Gasteiger partial charge in [0.1, 0.15) is 0 Å². The van der Waals surface area contributed by atoms with Crippen LogP contribution in [0, 0.1) is 24.2 Å². The highest BCUT2D eigenvalue weighted by molar-refractivity contribution is 7.13. The van der Waals surface area contributed by atoms with Gasteiger partial charge in [0.25, 0.3) is 0 Å². The molecule has 164 valence electrons. The molecule has 8 nitrogen and oxygen atoms in total. The van der Waals surface area contributed by atoms with Crippen molar-refractivity contribution < 1.29 is 19.1 Å². The number of aromatic nitrogens is 1. The number of piperidine rings is 1. The van der Waals surface area contributed by atoms with Gasteiger partial charge in [0, 0.05) is 36.9 Å². The summed E-state index contributed by atoms with van der Waals surface area (Å²) in [7, 11) is 1.52. The van der Waals surface area contributed by atoms with Gasteiger partial charge in [-0.3, -0.25) is 9.59 Å². The first-order valence-electron chi connectivity index (χ1n) is 10.2. The van der Waals surface area contributed by atoms with Crippen LogP contribution >= 0.6 is 11.3 Å². The highest BCUT2D eigenvalue weighted by Gasteiger charge is 2.27. The first-order chi connectivity index (χ1) is 15.0. The minimum absolute atomic E-state index is 0.0220. The predicted molar refractivity (Wildman–Crippen MR) is 117 cm³/mol. The molecule has 0 atom stereocenters. The number of anilines is 1. The maximum Gasteiger partial charge on any atom is 0.229 e. The van der Waals surface area contributed by atoms with E-state index >= 15 is 0 Å². The molecule has 2 heterocycles. The van der Waals surface area contributed by atoms with Crippen molar-refractivity contribution in [3.8, 4) is 17.6 Å². The molecule has 1 saturated heterocycles. The van der Waals surface area contributed by atoms with Gasteiger partial charge >= 0.3 is 0 Å². The number of amides is 2. The van der Waals surface area contributed by atoms with Crippen LogP contribution < -0.4 is 14.8 Å². The second kappa shape index (κ2) is 10.8. The molecule has 9 heteroatoms. The molecule has 1 aromatic heterocycles. The van der Waals surface area contributed by atoms with E-state index in [1.165, 1.54) is 18.4 Å². The molecule has 0 aliphatic carbocycles. The summed E-state index contributed by atoms with van der Waals surface area (Å²) < 4.78 is 11.0. The SMILES string of the molecule is COc1cc(C#N)ccc1OCCCC(=O)N1CCC(C(=O)Nc2nc(C)cs2)CC1. The van der Waals surface area contributed by atoms with E-state index in [2.05, 4.69) is 16.4 Å².